The highest BCUT2D eigenvalue weighted by atomic mass is 16.1. The fourth-order valence-electron chi connectivity index (χ4n) is 3.34. The van der Waals surface area contributed by atoms with Crippen LogP contribution in [0, 0.1) is 5.92 Å². The quantitative estimate of drug-likeness (QED) is 0.910. The second kappa shape index (κ2) is 6.54. The molecule has 122 valence electrons. The van der Waals surface area contributed by atoms with Crippen LogP contribution >= 0.6 is 0 Å². The molecule has 5 heteroatoms. The maximum absolute atomic E-state index is 12.5. The second-order valence-electron chi connectivity index (χ2n) is 6.66. The molecule has 2 atom stereocenters. The highest BCUT2D eigenvalue weighted by Gasteiger charge is 2.37. The third-order valence-electron chi connectivity index (χ3n) is 4.75. The Kier molecular flexibility index (Phi) is 4.48. The zero-order chi connectivity index (χ0) is 16.3. The van der Waals surface area contributed by atoms with Crippen LogP contribution in [0.25, 0.3) is 5.69 Å². The van der Waals surface area contributed by atoms with Crippen LogP contribution in [0.2, 0.25) is 0 Å². The van der Waals surface area contributed by atoms with Gasteiger partial charge in [-0.3, -0.25) is 4.79 Å². The van der Waals surface area contributed by atoms with Gasteiger partial charge in [-0.05, 0) is 37.5 Å². The van der Waals surface area contributed by atoms with E-state index in [0.29, 0.717) is 6.54 Å². The van der Waals surface area contributed by atoms with Crippen molar-refractivity contribution >= 4 is 5.91 Å². The van der Waals surface area contributed by atoms with Crippen LogP contribution in [-0.2, 0) is 11.3 Å². The van der Waals surface area contributed by atoms with Crippen molar-refractivity contribution in [3.8, 4) is 5.69 Å². The molecule has 5 nitrogen and oxygen atoms in total. The summed E-state index contributed by atoms with van der Waals surface area (Å²) in [5.41, 5.74) is 8.03. The third kappa shape index (κ3) is 3.62. The van der Waals surface area contributed by atoms with Gasteiger partial charge in [0, 0.05) is 30.2 Å². The summed E-state index contributed by atoms with van der Waals surface area (Å²) in [5.74, 6) is -0.0178. The van der Waals surface area contributed by atoms with Crippen molar-refractivity contribution in [2.75, 3.05) is 0 Å². The molecular weight excluding hydrogens is 288 g/mol. The molecule has 0 spiro atoms. The fourth-order valence-corrected chi connectivity index (χ4v) is 3.34. The average Bonchev–Trinajstić information content (AvgIpc) is 3.07. The second-order valence-corrected chi connectivity index (χ2v) is 6.66. The van der Waals surface area contributed by atoms with Crippen molar-refractivity contribution in [2.24, 2.45) is 11.7 Å². The maximum Gasteiger partial charge on any atom is 0.225 e. The number of hydrogen-bond acceptors (Lipinski definition) is 3. The summed E-state index contributed by atoms with van der Waals surface area (Å²) in [5, 5.41) is 3.05. The first kappa shape index (κ1) is 15.7. The molecule has 1 aromatic heterocycles. The van der Waals surface area contributed by atoms with Gasteiger partial charge in [0.1, 0.15) is 0 Å². The van der Waals surface area contributed by atoms with Crippen LogP contribution in [-0.4, -0.2) is 21.0 Å². The number of amides is 1. The summed E-state index contributed by atoms with van der Waals surface area (Å²) >= 11 is 0. The van der Waals surface area contributed by atoms with Crippen LogP contribution in [0.5, 0.6) is 0 Å². The Hall–Kier alpha value is -2.14. The molecule has 1 saturated carbocycles. The van der Waals surface area contributed by atoms with Gasteiger partial charge < -0.3 is 15.6 Å². The van der Waals surface area contributed by atoms with Gasteiger partial charge >= 0.3 is 0 Å². The Morgan fingerprint density at radius 1 is 1.48 bits per heavy atom. The van der Waals surface area contributed by atoms with Gasteiger partial charge in [-0.15, -0.1) is 0 Å². The maximum atomic E-state index is 12.5. The number of benzene rings is 1. The number of rotatable bonds is 4. The summed E-state index contributed by atoms with van der Waals surface area (Å²) in [6.45, 7) is 2.52. The number of aromatic nitrogens is 2. The molecule has 1 aliphatic rings. The summed E-state index contributed by atoms with van der Waals surface area (Å²) in [6, 6.07) is 8.09. The first-order valence-corrected chi connectivity index (χ1v) is 8.20. The van der Waals surface area contributed by atoms with E-state index in [2.05, 4.69) is 16.4 Å². The molecule has 1 fully saturated rings. The molecule has 3 rings (SSSR count). The highest BCUT2D eigenvalue weighted by Crippen LogP contribution is 2.31. The molecule has 1 heterocycles. The van der Waals surface area contributed by atoms with E-state index in [1.807, 2.05) is 35.9 Å². The van der Waals surface area contributed by atoms with Gasteiger partial charge in [-0.2, -0.15) is 0 Å². The van der Waals surface area contributed by atoms with Crippen molar-refractivity contribution in [3.05, 3.63) is 48.5 Å². The zero-order valence-corrected chi connectivity index (χ0v) is 13.5. The Labute approximate surface area is 136 Å². The lowest BCUT2D eigenvalue weighted by Crippen LogP contribution is -2.52. The number of imidazole rings is 1. The van der Waals surface area contributed by atoms with E-state index in [0.717, 1.165) is 36.9 Å². The van der Waals surface area contributed by atoms with Gasteiger partial charge in [0.2, 0.25) is 5.91 Å². The summed E-state index contributed by atoms with van der Waals surface area (Å²) in [4.78, 5) is 16.6. The zero-order valence-electron chi connectivity index (χ0n) is 13.5. The first-order chi connectivity index (χ1) is 11.1. The monoisotopic (exact) mass is 312 g/mol. The number of nitrogens with zero attached hydrogens (tertiary/aromatic N) is 2. The van der Waals surface area contributed by atoms with Crippen molar-refractivity contribution < 1.29 is 4.79 Å². The highest BCUT2D eigenvalue weighted by molar-refractivity contribution is 5.80. The van der Waals surface area contributed by atoms with E-state index in [1.165, 1.54) is 0 Å². The lowest BCUT2D eigenvalue weighted by Gasteiger charge is -2.37. The number of carbonyl (C=O) groups is 1. The molecule has 1 amide bonds. The van der Waals surface area contributed by atoms with Crippen LogP contribution in [0.1, 0.15) is 38.2 Å². The van der Waals surface area contributed by atoms with Crippen LogP contribution in [0.3, 0.4) is 0 Å². The van der Waals surface area contributed by atoms with E-state index < -0.39 is 0 Å². The molecule has 1 aromatic carbocycles. The standard InChI is InChI=1S/C18H24N4O/c1-18(19)8-3-2-7-16(18)17(23)21-12-14-5-4-6-15(11-14)22-10-9-20-13-22/h4-6,9-11,13,16H,2-3,7-8,12,19H2,1H3,(H,21,23). The van der Waals surface area contributed by atoms with E-state index in [-0.39, 0.29) is 17.4 Å². The largest absolute Gasteiger partial charge is 0.352 e. The number of hydrogen-bond donors (Lipinski definition) is 2. The van der Waals surface area contributed by atoms with Crippen molar-refractivity contribution in [2.45, 2.75) is 44.7 Å². The Morgan fingerprint density at radius 2 is 2.35 bits per heavy atom. The van der Waals surface area contributed by atoms with Gasteiger partial charge in [0.25, 0.3) is 0 Å². The summed E-state index contributed by atoms with van der Waals surface area (Å²) in [6.07, 6.45) is 9.42. The van der Waals surface area contributed by atoms with Gasteiger partial charge in [-0.25, -0.2) is 4.98 Å². The SMILES string of the molecule is CC1(N)CCCCC1C(=O)NCc1cccc(-n2ccnc2)c1. The molecule has 1 aliphatic carbocycles. The predicted molar refractivity (Wildman–Crippen MR) is 90.0 cm³/mol. The lowest BCUT2D eigenvalue weighted by atomic mass is 9.74. The summed E-state index contributed by atoms with van der Waals surface area (Å²) in [7, 11) is 0. The number of nitrogens with two attached hydrogens (primary N) is 1. The number of carbonyl (C=O) groups excluding carboxylic acids is 1. The van der Waals surface area contributed by atoms with Crippen LogP contribution in [0.4, 0.5) is 0 Å². The average molecular weight is 312 g/mol. The number of nitrogens with one attached hydrogen (secondary N) is 1. The van der Waals surface area contributed by atoms with Crippen molar-refractivity contribution in [1.29, 1.82) is 0 Å². The molecule has 0 aliphatic heterocycles. The van der Waals surface area contributed by atoms with Gasteiger partial charge in [-0.1, -0.05) is 25.0 Å². The normalized spacial score (nSPS) is 24.3. The van der Waals surface area contributed by atoms with Crippen LogP contribution in [0.15, 0.2) is 43.0 Å². The Morgan fingerprint density at radius 3 is 3.09 bits per heavy atom. The molecule has 0 radical (unpaired) electrons. The van der Waals surface area contributed by atoms with E-state index >= 15 is 0 Å². The van der Waals surface area contributed by atoms with Crippen molar-refractivity contribution in [3.63, 3.8) is 0 Å². The van der Waals surface area contributed by atoms with E-state index in [9.17, 15) is 4.79 Å². The van der Waals surface area contributed by atoms with E-state index in [4.69, 9.17) is 5.73 Å². The van der Waals surface area contributed by atoms with Crippen molar-refractivity contribution in [1.82, 2.24) is 14.9 Å². The fraction of sp³-hybridized carbons (Fsp3) is 0.444. The molecule has 3 N–H and O–H groups in total. The predicted octanol–water partition coefficient (Wildman–Crippen LogP) is 2.40. The molecule has 0 saturated heterocycles. The van der Waals surface area contributed by atoms with E-state index in [1.54, 1.807) is 12.5 Å². The van der Waals surface area contributed by atoms with Gasteiger partial charge in [0.05, 0.1) is 12.2 Å². The van der Waals surface area contributed by atoms with Gasteiger partial charge in [0.15, 0.2) is 0 Å². The van der Waals surface area contributed by atoms with Crippen LogP contribution < -0.4 is 11.1 Å². The first-order valence-electron chi connectivity index (χ1n) is 8.20. The molecule has 2 aromatic rings. The molecule has 0 bridgehead atoms. The minimum Gasteiger partial charge on any atom is -0.352 e. The molecular formula is C18H24N4O. The smallest absolute Gasteiger partial charge is 0.225 e. The molecule has 23 heavy (non-hydrogen) atoms. The minimum absolute atomic E-state index is 0.0720. The Balaban J connectivity index is 1.64. The minimum atomic E-state index is -0.388. The molecule has 2 unspecified atom stereocenters. The third-order valence-corrected chi connectivity index (χ3v) is 4.75. The summed E-state index contributed by atoms with van der Waals surface area (Å²) < 4.78 is 1.95. The topological polar surface area (TPSA) is 72.9 Å². The lowest BCUT2D eigenvalue weighted by molar-refractivity contribution is -0.128. The Bertz CT molecular complexity index is 663.